The molecule has 0 radical (unpaired) electrons. The van der Waals surface area contributed by atoms with E-state index in [2.05, 4.69) is 0 Å². The molecule has 0 amide bonds. The minimum Gasteiger partial charge on any atom is -0.275 e. The monoisotopic (exact) mass is 222 g/mol. The molecule has 0 aromatic heterocycles. The highest BCUT2D eigenvalue weighted by molar-refractivity contribution is 6.42. The van der Waals surface area contributed by atoms with Crippen molar-refractivity contribution in [3.8, 4) is 0 Å². The summed E-state index contributed by atoms with van der Waals surface area (Å²) in [5.74, 6) is 0. The Kier molecular flexibility index (Phi) is 3.11. The van der Waals surface area contributed by atoms with Crippen LogP contribution in [0.5, 0.6) is 0 Å². The molecule has 0 aliphatic heterocycles. The highest BCUT2D eigenvalue weighted by atomic mass is 28.4. The van der Waals surface area contributed by atoms with Gasteiger partial charge < -0.3 is 0 Å². The predicted octanol–water partition coefficient (Wildman–Crippen LogP) is 3.54. The molecule has 0 aliphatic rings. The third-order valence-electron chi connectivity index (χ3n) is 2.47. The molecule has 0 fully saturated rings. The molecule has 2 aromatic carbocycles. The molecule has 15 heavy (non-hydrogen) atoms. The Balaban J connectivity index is 2.23. The van der Waals surface area contributed by atoms with Crippen molar-refractivity contribution in [1.82, 2.24) is 0 Å². The van der Waals surface area contributed by atoms with Gasteiger partial charge in [0.05, 0.1) is 0 Å². The molecule has 3 heteroatoms. The van der Waals surface area contributed by atoms with Crippen LogP contribution in [-0.4, -0.2) is 9.46 Å². The third kappa shape index (κ3) is 2.62. The molecule has 2 rings (SSSR count). The topological polar surface area (TPSA) is 0 Å². The summed E-state index contributed by atoms with van der Waals surface area (Å²) >= 11 is 0. The van der Waals surface area contributed by atoms with E-state index in [9.17, 15) is 8.22 Å². The second kappa shape index (κ2) is 4.53. The normalized spacial score (nSPS) is 11.1. The Bertz CT molecular complexity index is 454. The first-order valence-corrected chi connectivity index (χ1v) is 6.70. The van der Waals surface area contributed by atoms with Gasteiger partial charge >= 0.3 is 9.46 Å². The fraction of sp³-hybridized carbons (Fsp3) is 0.167. The van der Waals surface area contributed by atoms with Crippen LogP contribution in [0, 0.1) is 0 Å². The van der Waals surface area contributed by atoms with Crippen LogP contribution >= 0.6 is 0 Å². The summed E-state index contributed by atoms with van der Waals surface area (Å²) < 4.78 is 24.3. The van der Waals surface area contributed by atoms with E-state index in [1.807, 2.05) is 42.5 Å². The van der Waals surface area contributed by atoms with Crippen molar-refractivity contribution in [2.75, 3.05) is 0 Å². The van der Waals surface area contributed by atoms with Gasteiger partial charge in [0.25, 0.3) is 0 Å². The minimum atomic E-state index is -3.40. The number of aryl methyl sites for hydroxylation is 1. The van der Waals surface area contributed by atoms with Crippen molar-refractivity contribution in [1.29, 1.82) is 0 Å². The third-order valence-corrected chi connectivity index (χ3v) is 3.19. The van der Waals surface area contributed by atoms with Gasteiger partial charge in [-0.25, -0.2) is 0 Å². The van der Waals surface area contributed by atoms with E-state index in [-0.39, 0.29) is 6.04 Å². The van der Waals surface area contributed by atoms with Gasteiger partial charge in [-0.2, -0.15) is 0 Å². The SMILES string of the molecule is F[SiH](F)CCc1ccc2ccccc2c1. The molecule has 0 bridgehead atoms. The number of hydrogen-bond acceptors (Lipinski definition) is 0. The van der Waals surface area contributed by atoms with E-state index in [4.69, 9.17) is 0 Å². The average molecular weight is 222 g/mol. The van der Waals surface area contributed by atoms with E-state index in [1.165, 1.54) is 0 Å². The van der Waals surface area contributed by atoms with Crippen LogP contribution in [0.15, 0.2) is 42.5 Å². The van der Waals surface area contributed by atoms with Gasteiger partial charge in [0.1, 0.15) is 0 Å². The van der Waals surface area contributed by atoms with Gasteiger partial charge in [0.15, 0.2) is 0 Å². The zero-order chi connectivity index (χ0) is 10.7. The Morgan fingerprint density at radius 1 is 0.933 bits per heavy atom. The summed E-state index contributed by atoms with van der Waals surface area (Å²) in [6, 6.07) is 14.0. The summed E-state index contributed by atoms with van der Waals surface area (Å²) in [5, 5.41) is 2.29. The van der Waals surface area contributed by atoms with E-state index in [0.717, 1.165) is 16.3 Å². The van der Waals surface area contributed by atoms with Crippen LogP contribution in [0.2, 0.25) is 6.04 Å². The highest BCUT2D eigenvalue weighted by Crippen LogP contribution is 2.17. The molecule has 0 nitrogen and oxygen atoms in total. The zero-order valence-corrected chi connectivity index (χ0v) is 9.44. The Morgan fingerprint density at radius 3 is 2.40 bits per heavy atom. The van der Waals surface area contributed by atoms with Crippen molar-refractivity contribution in [3.05, 3.63) is 48.0 Å². The maximum Gasteiger partial charge on any atom is 0.411 e. The summed E-state index contributed by atoms with van der Waals surface area (Å²) in [4.78, 5) is 0. The number of halogens is 2. The van der Waals surface area contributed by atoms with Crippen LogP contribution in [0.1, 0.15) is 5.56 Å². The zero-order valence-electron chi connectivity index (χ0n) is 8.29. The van der Waals surface area contributed by atoms with E-state index in [1.54, 1.807) is 0 Å². The van der Waals surface area contributed by atoms with Crippen molar-refractivity contribution in [2.45, 2.75) is 12.5 Å². The molecule has 0 heterocycles. The first kappa shape index (κ1) is 10.3. The van der Waals surface area contributed by atoms with Crippen molar-refractivity contribution < 1.29 is 8.22 Å². The quantitative estimate of drug-likeness (QED) is 0.550. The fourth-order valence-electron chi connectivity index (χ4n) is 1.67. The smallest absolute Gasteiger partial charge is 0.275 e. The van der Waals surface area contributed by atoms with E-state index in [0.29, 0.717) is 6.42 Å². The fourth-order valence-corrected chi connectivity index (χ4v) is 2.22. The predicted molar refractivity (Wildman–Crippen MR) is 61.8 cm³/mol. The average Bonchev–Trinajstić information content (AvgIpc) is 2.26. The number of benzene rings is 2. The number of fused-ring (bicyclic) bond motifs is 1. The molecule has 0 N–H and O–H groups in total. The maximum absolute atomic E-state index is 12.2. The summed E-state index contributed by atoms with van der Waals surface area (Å²) in [6.07, 6.45) is 0.509. The molecular formula is C12H12F2Si. The molecular weight excluding hydrogens is 210 g/mol. The summed E-state index contributed by atoms with van der Waals surface area (Å²) in [6.45, 7) is 0. The highest BCUT2D eigenvalue weighted by Gasteiger charge is 2.07. The molecule has 78 valence electrons. The second-order valence-electron chi connectivity index (χ2n) is 3.61. The molecule has 0 unspecified atom stereocenters. The lowest BCUT2D eigenvalue weighted by Crippen LogP contribution is -1.97. The van der Waals surface area contributed by atoms with Crippen LogP contribution in [0.25, 0.3) is 10.8 Å². The van der Waals surface area contributed by atoms with Gasteiger partial charge in [-0.1, -0.05) is 42.5 Å². The maximum atomic E-state index is 12.2. The second-order valence-corrected chi connectivity index (χ2v) is 4.97. The van der Waals surface area contributed by atoms with Gasteiger partial charge in [-0.05, 0) is 28.8 Å². The molecule has 0 spiro atoms. The molecule has 0 atom stereocenters. The Morgan fingerprint density at radius 2 is 1.67 bits per heavy atom. The summed E-state index contributed by atoms with van der Waals surface area (Å²) in [5.41, 5.74) is 1.02. The van der Waals surface area contributed by atoms with Crippen LogP contribution < -0.4 is 0 Å². The largest absolute Gasteiger partial charge is 0.411 e. The van der Waals surface area contributed by atoms with E-state index >= 15 is 0 Å². The first-order valence-electron chi connectivity index (χ1n) is 5.01. The Hall–Kier alpha value is -1.22. The lowest BCUT2D eigenvalue weighted by atomic mass is 10.1. The van der Waals surface area contributed by atoms with Crippen LogP contribution in [0.4, 0.5) is 8.22 Å². The standard InChI is InChI=1S/C12H12F2Si/c13-15(14)8-7-10-5-6-11-3-1-2-4-12(11)9-10/h1-6,9,15H,7-8H2. The first-order chi connectivity index (χ1) is 7.25. The van der Waals surface area contributed by atoms with Gasteiger partial charge in [0, 0.05) is 0 Å². The molecule has 0 saturated carbocycles. The summed E-state index contributed by atoms with van der Waals surface area (Å²) in [7, 11) is -3.40. The lowest BCUT2D eigenvalue weighted by Gasteiger charge is -2.02. The van der Waals surface area contributed by atoms with Crippen molar-refractivity contribution in [2.24, 2.45) is 0 Å². The molecule has 0 aliphatic carbocycles. The van der Waals surface area contributed by atoms with Crippen LogP contribution in [0.3, 0.4) is 0 Å². The Labute approximate surface area is 89.5 Å². The number of hydrogen-bond donors (Lipinski definition) is 0. The molecule has 2 aromatic rings. The minimum absolute atomic E-state index is 0.0817. The van der Waals surface area contributed by atoms with Gasteiger partial charge in [0.2, 0.25) is 0 Å². The van der Waals surface area contributed by atoms with E-state index < -0.39 is 9.46 Å². The van der Waals surface area contributed by atoms with Crippen LogP contribution in [-0.2, 0) is 6.42 Å². The van der Waals surface area contributed by atoms with Gasteiger partial charge in [-0.3, -0.25) is 8.22 Å². The number of rotatable bonds is 3. The lowest BCUT2D eigenvalue weighted by molar-refractivity contribution is 0.650. The molecule has 0 saturated heterocycles. The van der Waals surface area contributed by atoms with Crippen molar-refractivity contribution >= 4 is 20.2 Å². The van der Waals surface area contributed by atoms with Gasteiger partial charge in [-0.15, -0.1) is 0 Å². The van der Waals surface area contributed by atoms with Crippen molar-refractivity contribution in [3.63, 3.8) is 0 Å².